The van der Waals surface area contributed by atoms with E-state index in [0.717, 1.165) is 22.5 Å². The Morgan fingerprint density at radius 2 is 1.43 bits per heavy atom. The van der Waals surface area contributed by atoms with Gasteiger partial charge in [0.1, 0.15) is 5.75 Å². The number of aromatic nitrogens is 2. The number of fused-ring (bicyclic) bond motifs is 1. The normalized spacial score (nSPS) is 10.6. The molecule has 1 aromatic heterocycles. The quantitative estimate of drug-likeness (QED) is 0.273. The Hall–Kier alpha value is -4.79. The summed E-state index contributed by atoms with van der Waals surface area (Å²) in [5, 5.41) is 5.71. The molecule has 0 saturated heterocycles. The number of hydrogen-bond donors (Lipinski definition) is 2. The molecule has 0 saturated carbocycles. The van der Waals surface area contributed by atoms with Gasteiger partial charge in [-0.3, -0.25) is 9.59 Å². The predicted molar refractivity (Wildman–Crippen MR) is 139 cm³/mol. The summed E-state index contributed by atoms with van der Waals surface area (Å²) in [6.45, 7) is 6.01. The average molecular weight is 499 g/mol. The Labute approximate surface area is 213 Å². The molecule has 4 rings (SSSR count). The van der Waals surface area contributed by atoms with Gasteiger partial charge in [-0.25, -0.2) is 14.8 Å². The molecule has 188 valence electrons. The van der Waals surface area contributed by atoms with Crippen molar-refractivity contribution >= 4 is 34.7 Å². The van der Waals surface area contributed by atoms with Crippen LogP contribution < -0.4 is 15.4 Å². The van der Waals surface area contributed by atoms with Crippen molar-refractivity contribution in [2.75, 3.05) is 11.9 Å². The fourth-order valence-corrected chi connectivity index (χ4v) is 3.48. The van der Waals surface area contributed by atoms with Crippen LogP contribution in [-0.4, -0.2) is 34.5 Å². The summed E-state index contributed by atoms with van der Waals surface area (Å²) in [4.78, 5) is 45.6. The molecule has 0 aliphatic rings. The lowest BCUT2D eigenvalue weighted by Gasteiger charge is -2.09. The van der Waals surface area contributed by atoms with Crippen LogP contribution >= 0.6 is 0 Å². The second kappa shape index (κ2) is 11.3. The van der Waals surface area contributed by atoms with Gasteiger partial charge in [-0.1, -0.05) is 12.1 Å². The Morgan fingerprint density at radius 3 is 2.11 bits per heavy atom. The van der Waals surface area contributed by atoms with E-state index >= 15 is 0 Å². The van der Waals surface area contributed by atoms with Gasteiger partial charge >= 0.3 is 6.16 Å². The molecule has 0 aliphatic carbocycles. The van der Waals surface area contributed by atoms with Crippen LogP contribution in [0.5, 0.6) is 5.75 Å². The van der Waals surface area contributed by atoms with Crippen molar-refractivity contribution in [2.24, 2.45) is 0 Å². The van der Waals surface area contributed by atoms with Crippen LogP contribution in [0.25, 0.3) is 11.0 Å². The highest BCUT2D eigenvalue weighted by molar-refractivity contribution is 6.04. The topological polar surface area (TPSA) is 120 Å². The number of anilines is 1. The molecular formula is C28H26N4O5. The molecule has 0 atom stereocenters. The molecule has 2 N–H and O–H groups in total. The monoisotopic (exact) mass is 498 g/mol. The van der Waals surface area contributed by atoms with Gasteiger partial charge < -0.3 is 20.1 Å². The number of carbonyl (C=O) groups is 3. The molecule has 1 heterocycles. The standard InChI is InChI=1S/C28H26N4O5/c1-4-36-28(35)37-23-12-7-20(8-13-23)27(34)32-22-10-5-19(6-11-22)16-29-26(33)21-9-14-24-25(15-21)31-18(3)17(2)30-24/h5-15H,4,16H2,1-3H3,(H,29,33)(H,32,34). The number of hydrogen-bond acceptors (Lipinski definition) is 7. The number of rotatable bonds is 7. The zero-order valence-corrected chi connectivity index (χ0v) is 20.7. The third-order valence-corrected chi connectivity index (χ3v) is 5.58. The van der Waals surface area contributed by atoms with E-state index in [1.54, 1.807) is 49.4 Å². The van der Waals surface area contributed by atoms with Crippen LogP contribution in [0.3, 0.4) is 0 Å². The molecule has 2 amide bonds. The first-order valence-corrected chi connectivity index (χ1v) is 11.7. The molecule has 0 unspecified atom stereocenters. The average Bonchev–Trinajstić information content (AvgIpc) is 2.89. The maximum Gasteiger partial charge on any atom is 0.513 e. The number of ether oxygens (including phenoxy) is 2. The van der Waals surface area contributed by atoms with Crippen LogP contribution in [0.15, 0.2) is 66.7 Å². The minimum Gasteiger partial charge on any atom is -0.434 e. The summed E-state index contributed by atoms with van der Waals surface area (Å²) in [7, 11) is 0. The molecule has 0 fully saturated rings. The summed E-state index contributed by atoms with van der Waals surface area (Å²) in [5.41, 5.74) is 5.51. The maximum atomic E-state index is 12.6. The lowest BCUT2D eigenvalue weighted by Crippen LogP contribution is -2.22. The van der Waals surface area contributed by atoms with Gasteiger partial charge in [-0.2, -0.15) is 0 Å². The first-order valence-electron chi connectivity index (χ1n) is 11.7. The second-order valence-corrected chi connectivity index (χ2v) is 8.24. The van der Waals surface area contributed by atoms with Crippen LogP contribution in [0.1, 0.15) is 44.6 Å². The Morgan fingerprint density at radius 1 is 0.784 bits per heavy atom. The number of aryl methyl sites for hydroxylation is 2. The molecule has 0 aliphatic heterocycles. The number of nitrogens with one attached hydrogen (secondary N) is 2. The summed E-state index contributed by atoms with van der Waals surface area (Å²) >= 11 is 0. The van der Waals surface area contributed by atoms with Crippen molar-refractivity contribution < 1.29 is 23.9 Å². The van der Waals surface area contributed by atoms with Crippen molar-refractivity contribution in [1.29, 1.82) is 0 Å². The predicted octanol–water partition coefficient (Wildman–Crippen LogP) is 4.96. The molecule has 4 aromatic rings. The Balaban J connectivity index is 1.31. The van der Waals surface area contributed by atoms with Crippen molar-refractivity contribution in [2.45, 2.75) is 27.3 Å². The third-order valence-electron chi connectivity index (χ3n) is 5.58. The Bertz CT molecular complexity index is 1450. The van der Waals surface area contributed by atoms with Gasteiger partial charge in [0.05, 0.1) is 29.0 Å². The maximum absolute atomic E-state index is 12.6. The number of benzene rings is 3. The van der Waals surface area contributed by atoms with E-state index in [9.17, 15) is 14.4 Å². The lowest BCUT2D eigenvalue weighted by molar-refractivity contribution is 0.0949. The van der Waals surface area contributed by atoms with Crippen molar-refractivity contribution in [1.82, 2.24) is 15.3 Å². The molecule has 0 bridgehead atoms. The largest absolute Gasteiger partial charge is 0.513 e. The molecule has 9 nitrogen and oxygen atoms in total. The summed E-state index contributed by atoms with van der Waals surface area (Å²) in [5.74, 6) is -0.244. The summed E-state index contributed by atoms with van der Waals surface area (Å²) in [6, 6.07) is 18.6. The van der Waals surface area contributed by atoms with E-state index in [1.807, 2.05) is 26.0 Å². The van der Waals surface area contributed by atoms with Crippen molar-refractivity contribution in [3.8, 4) is 5.75 Å². The fraction of sp³-hybridized carbons (Fsp3) is 0.179. The smallest absolute Gasteiger partial charge is 0.434 e. The number of amides is 2. The highest BCUT2D eigenvalue weighted by atomic mass is 16.7. The van der Waals surface area contributed by atoms with Crippen molar-refractivity contribution in [3.05, 3.63) is 94.8 Å². The van der Waals surface area contributed by atoms with Crippen LogP contribution in [-0.2, 0) is 11.3 Å². The van der Waals surface area contributed by atoms with E-state index in [2.05, 4.69) is 20.6 Å². The Kier molecular flexibility index (Phi) is 7.73. The summed E-state index contributed by atoms with van der Waals surface area (Å²) in [6.07, 6.45) is -0.798. The van der Waals surface area contributed by atoms with E-state index in [0.29, 0.717) is 28.9 Å². The molecular weight excluding hydrogens is 472 g/mol. The second-order valence-electron chi connectivity index (χ2n) is 8.24. The minimum atomic E-state index is -0.798. The van der Waals surface area contributed by atoms with Gasteiger partial charge in [-0.15, -0.1) is 0 Å². The van der Waals surface area contributed by atoms with Gasteiger partial charge in [0, 0.05) is 23.4 Å². The van der Waals surface area contributed by atoms with E-state index in [1.165, 1.54) is 12.1 Å². The number of carbonyl (C=O) groups excluding carboxylic acids is 3. The van der Waals surface area contributed by atoms with Gasteiger partial charge in [0.2, 0.25) is 0 Å². The highest BCUT2D eigenvalue weighted by Gasteiger charge is 2.11. The molecule has 37 heavy (non-hydrogen) atoms. The van der Waals surface area contributed by atoms with Gasteiger partial charge in [-0.05, 0) is 80.9 Å². The van der Waals surface area contributed by atoms with Gasteiger partial charge in [0.15, 0.2) is 0 Å². The first kappa shape index (κ1) is 25.3. The molecule has 0 radical (unpaired) electrons. The van der Waals surface area contributed by atoms with Crippen LogP contribution in [0.4, 0.5) is 10.5 Å². The SMILES string of the molecule is CCOC(=O)Oc1ccc(C(=O)Nc2ccc(CNC(=O)c3ccc4nc(C)c(C)nc4c3)cc2)cc1. The fourth-order valence-electron chi connectivity index (χ4n) is 3.48. The highest BCUT2D eigenvalue weighted by Crippen LogP contribution is 2.17. The zero-order valence-electron chi connectivity index (χ0n) is 20.7. The van der Waals surface area contributed by atoms with Crippen LogP contribution in [0.2, 0.25) is 0 Å². The lowest BCUT2D eigenvalue weighted by atomic mass is 10.1. The van der Waals surface area contributed by atoms with E-state index in [-0.39, 0.29) is 24.2 Å². The third kappa shape index (κ3) is 6.46. The zero-order chi connectivity index (χ0) is 26.4. The molecule has 9 heteroatoms. The van der Waals surface area contributed by atoms with Crippen LogP contribution in [0, 0.1) is 13.8 Å². The van der Waals surface area contributed by atoms with E-state index in [4.69, 9.17) is 9.47 Å². The number of nitrogens with zero attached hydrogens (tertiary/aromatic N) is 2. The van der Waals surface area contributed by atoms with E-state index < -0.39 is 6.16 Å². The summed E-state index contributed by atoms with van der Waals surface area (Å²) < 4.78 is 9.71. The molecule has 0 spiro atoms. The first-order chi connectivity index (χ1) is 17.8. The minimum absolute atomic E-state index is 0.212. The molecule has 3 aromatic carbocycles. The van der Waals surface area contributed by atoms with Crippen molar-refractivity contribution in [3.63, 3.8) is 0 Å². The van der Waals surface area contributed by atoms with Gasteiger partial charge in [0.25, 0.3) is 11.8 Å².